The van der Waals surface area contributed by atoms with E-state index in [1.807, 2.05) is 32.0 Å². The summed E-state index contributed by atoms with van der Waals surface area (Å²) in [6, 6.07) is 11.1. The van der Waals surface area contributed by atoms with Crippen LogP contribution in [0.2, 0.25) is 0 Å². The second-order valence-electron chi connectivity index (χ2n) is 7.01. The van der Waals surface area contributed by atoms with E-state index in [4.69, 9.17) is 0 Å². The van der Waals surface area contributed by atoms with Crippen LogP contribution < -0.4 is 16.5 Å². The molecule has 0 aliphatic heterocycles. The van der Waals surface area contributed by atoms with E-state index >= 15 is 0 Å². The van der Waals surface area contributed by atoms with Crippen molar-refractivity contribution < 1.29 is 0 Å². The second-order valence-corrected chi connectivity index (χ2v) is 7.92. The van der Waals surface area contributed by atoms with E-state index in [0.717, 1.165) is 21.3 Å². The molecule has 2 aromatic carbocycles. The van der Waals surface area contributed by atoms with Crippen molar-refractivity contribution in [1.82, 2.24) is 19.7 Å². The van der Waals surface area contributed by atoms with Crippen molar-refractivity contribution in [2.75, 3.05) is 5.43 Å². The lowest BCUT2D eigenvalue weighted by Crippen LogP contribution is -2.17. The number of rotatable bonds is 4. The summed E-state index contributed by atoms with van der Waals surface area (Å²) >= 11 is 3.34. The lowest BCUT2D eigenvalue weighted by atomic mass is 10.1. The van der Waals surface area contributed by atoms with Gasteiger partial charge >= 0.3 is 0 Å². The molecule has 0 atom stereocenters. The fourth-order valence-electron chi connectivity index (χ4n) is 3.08. The average molecular weight is 467 g/mol. The van der Waals surface area contributed by atoms with E-state index in [9.17, 15) is 9.59 Å². The third-order valence-electron chi connectivity index (χ3n) is 4.90. The molecule has 4 rings (SSSR count). The van der Waals surface area contributed by atoms with Gasteiger partial charge in [0.2, 0.25) is 5.95 Å². The predicted molar refractivity (Wildman–Crippen MR) is 122 cm³/mol. The zero-order chi connectivity index (χ0) is 21.4. The largest absolute Gasteiger partial charge is 0.295 e. The number of H-pyrrole nitrogens is 2. The van der Waals surface area contributed by atoms with Crippen molar-refractivity contribution in [3.05, 3.63) is 84.0 Å². The van der Waals surface area contributed by atoms with Gasteiger partial charge < -0.3 is 0 Å². The summed E-state index contributed by atoms with van der Waals surface area (Å²) in [5.74, 6) is 0.189. The van der Waals surface area contributed by atoms with Crippen molar-refractivity contribution in [3.8, 4) is 5.69 Å². The van der Waals surface area contributed by atoms with Gasteiger partial charge in [0.25, 0.3) is 11.1 Å². The zero-order valence-corrected chi connectivity index (χ0v) is 18.2. The Balaban J connectivity index is 1.62. The third kappa shape index (κ3) is 3.71. The number of fused-ring (bicyclic) bond motifs is 1. The van der Waals surface area contributed by atoms with Gasteiger partial charge in [-0.15, -0.1) is 0 Å². The van der Waals surface area contributed by atoms with Gasteiger partial charge in [-0.1, -0.05) is 22.0 Å². The van der Waals surface area contributed by atoms with E-state index in [1.165, 1.54) is 10.9 Å². The first-order valence-electron chi connectivity index (χ1n) is 9.21. The molecule has 0 aliphatic rings. The molecule has 0 saturated carbocycles. The minimum Gasteiger partial charge on any atom is -0.295 e. The summed E-state index contributed by atoms with van der Waals surface area (Å²) in [7, 11) is 0. The highest BCUT2D eigenvalue weighted by atomic mass is 79.9. The van der Waals surface area contributed by atoms with Gasteiger partial charge in [0.05, 0.1) is 28.4 Å². The summed E-state index contributed by atoms with van der Waals surface area (Å²) < 4.78 is 2.28. The van der Waals surface area contributed by atoms with Crippen molar-refractivity contribution >= 4 is 39.0 Å². The summed E-state index contributed by atoms with van der Waals surface area (Å²) in [5, 5.41) is 7.63. The quantitative estimate of drug-likeness (QED) is 0.315. The molecule has 0 bridgehead atoms. The number of aromatic amines is 2. The molecule has 0 aliphatic carbocycles. The fourth-order valence-corrected chi connectivity index (χ4v) is 3.44. The first kappa shape index (κ1) is 19.8. The zero-order valence-electron chi connectivity index (χ0n) is 16.6. The molecule has 4 aromatic rings. The Morgan fingerprint density at radius 3 is 2.67 bits per heavy atom. The number of hydrogen-bond donors (Lipinski definition) is 3. The Bertz CT molecular complexity index is 1410. The number of hydrazone groups is 1. The fraction of sp³-hybridized carbons (Fsp3) is 0.143. The summed E-state index contributed by atoms with van der Waals surface area (Å²) in [4.78, 5) is 32.0. The maximum atomic E-state index is 12.8. The highest BCUT2D eigenvalue weighted by Gasteiger charge is 2.11. The van der Waals surface area contributed by atoms with Crippen molar-refractivity contribution in [1.29, 1.82) is 0 Å². The highest BCUT2D eigenvalue weighted by molar-refractivity contribution is 9.10. The van der Waals surface area contributed by atoms with Gasteiger partial charge in [-0.25, -0.2) is 15.1 Å². The smallest absolute Gasteiger partial charge is 0.280 e. The average Bonchev–Trinajstić information content (AvgIpc) is 2.99. The van der Waals surface area contributed by atoms with Crippen LogP contribution in [0.3, 0.4) is 0 Å². The maximum absolute atomic E-state index is 12.8. The van der Waals surface area contributed by atoms with E-state index in [-0.39, 0.29) is 17.1 Å². The van der Waals surface area contributed by atoms with Crippen LogP contribution in [0, 0.1) is 20.8 Å². The molecule has 30 heavy (non-hydrogen) atoms. The Labute approximate surface area is 179 Å². The summed E-state index contributed by atoms with van der Waals surface area (Å²) in [6.45, 7) is 5.83. The van der Waals surface area contributed by atoms with Crippen LogP contribution in [-0.4, -0.2) is 26.0 Å². The molecular weight excluding hydrogens is 448 g/mol. The normalized spacial score (nSPS) is 11.5. The Morgan fingerprint density at radius 1 is 1.10 bits per heavy atom. The third-order valence-corrected chi connectivity index (χ3v) is 5.39. The molecule has 0 amide bonds. The number of anilines is 1. The Morgan fingerprint density at radius 2 is 1.90 bits per heavy atom. The Kier molecular flexibility index (Phi) is 5.13. The molecule has 152 valence electrons. The van der Waals surface area contributed by atoms with Gasteiger partial charge in [0.1, 0.15) is 0 Å². The van der Waals surface area contributed by atoms with Crippen LogP contribution in [-0.2, 0) is 0 Å². The van der Waals surface area contributed by atoms with E-state index < -0.39 is 0 Å². The van der Waals surface area contributed by atoms with Crippen molar-refractivity contribution in [2.24, 2.45) is 5.10 Å². The van der Waals surface area contributed by atoms with Crippen molar-refractivity contribution in [2.45, 2.75) is 20.8 Å². The molecule has 0 saturated heterocycles. The number of nitrogens with one attached hydrogen (secondary N) is 3. The summed E-state index contributed by atoms with van der Waals surface area (Å²) in [6.07, 6.45) is 1.41. The standard InChI is InChI=1S/C21H19BrN6O2/c1-11-4-6-15(8-12(11)2)28-20(30)17(13(3)27-28)10-23-26-21-24-18-7-5-14(22)9-16(18)19(29)25-21/h4-10,27H,1-3H3,(H2,24,25,26,29)/b23-10-. The van der Waals surface area contributed by atoms with Gasteiger partial charge in [0.15, 0.2) is 0 Å². The summed E-state index contributed by atoms with van der Waals surface area (Å²) in [5.41, 5.74) is 6.82. The Hall–Kier alpha value is -3.46. The molecule has 2 heterocycles. The van der Waals surface area contributed by atoms with E-state index in [0.29, 0.717) is 22.2 Å². The molecule has 8 nitrogen and oxygen atoms in total. The lowest BCUT2D eigenvalue weighted by molar-refractivity contribution is 0.833. The number of hydrogen-bond acceptors (Lipinski definition) is 5. The molecule has 2 aromatic heterocycles. The first-order valence-corrected chi connectivity index (χ1v) is 10.0. The van der Waals surface area contributed by atoms with Crippen LogP contribution in [0.1, 0.15) is 22.4 Å². The van der Waals surface area contributed by atoms with Crippen LogP contribution in [0.15, 0.2) is 55.6 Å². The SMILES string of the molecule is Cc1ccc(-n2[nH]c(C)c(/C=N\Nc3nc4ccc(Br)cc4c(=O)[nH]3)c2=O)cc1C. The van der Waals surface area contributed by atoms with Crippen LogP contribution in [0.25, 0.3) is 16.6 Å². The maximum Gasteiger partial charge on any atom is 0.280 e. The topological polar surface area (TPSA) is 108 Å². The van der Waals surface area contributed by atoms with Crippen LogP contribution >= 0.6 is 15.9 Å². The van der Waals surface area contributed by atoms with Crippen LogP contribution in [0.4, 0.5) is 5.95 Å². The molecule has 0 spiro atoms. The van der Waals surface area contributed by atoms with Gasteiger partial charge in [-0.05, 0) is 62.2 Å². The minimum atomic E-state index is -0.283. The highest BCUT2D eigenvalue weighted by Crippen LogP contribution is 2.16. The predicted octanol–water partition coefficient (Wildman–Crippen LogP) is 3.54. The minimum absolute atomic E-state index is 0.189. The lowest BCUT2D eigenvalue weighted by Gasteiger charge is -2.05. The van der Waals surface area contributed by atoms with Gasteiger partial charge in [0, 0.05) is 10.2 Å². The molecule has 9 heteroatoms. The molecule has 3 N–H and O–H groups in total. The molecular formula is C21H19BrN6O2. The number of nitrogens with zero attached hydrogens (tertiary/aromatic N) is 3. The number of aryl methyl sites for hydroxylation is 3. The van der Waals surface area contributed by atoms with Crippen LogP contribution in [0.5, 0.6) is 0 Å². The van der Waals surface area contributed by atoms with E-state index in [2.05, 4.69) is 41.5 Å². The monoisotopic (exact) mass is 466 g/mol. The molecule has 0 fully saturated rings. The van der Waals surface area contributed by atoms with Gasteiger partial charge in [-0.3, -0.25) is 19.7 Å². The molecule has 0 unspecified atom stereocenters. The number of benzene rings is 2. The number of aromatic nitrogens is 4. The van der Waals surface area contributed by atoms with Gasteiger partial charge in [-0.2, -0.15) is 5.10 Å². The molecule has 0 radical (unpaired) electrons. The van der Waals surface area contributed by atoms with E-state index in [1.54, 1.807) is 25.1 Å². The second kappa shape index (κ2) is 7.75. The number of halogens is 1. The first-order chi connectivity index (χ1) is 14.3. The van der Waals surface area contributed by atoms with Crippen molar-refractivity contribution in [3.63, 3.8) is 0 Å².